The van der Waals surface area contributed by atoms with E-state index < -0.39 is 17.9 Å². The Morgan fingerprint density at radius 3 is 2.55 bits per heavy atom. The van der Waals surface area contributed by atoms with Gasteiger partial charge in [-0.15, -0.1) is 6.58 Å². The Morgan fingerprint density at radius 1 is 1.55 bits per heavy atom. The van der Waals surface area contributed by atoms with Crippen molar-refractivity contribution < 1.29 is 14.3 Å². The lowest BCUT2D eigenvalue weighted by molar-refractivity contribution is -0.152. The Balaban J connectivity index is 3.02. The summed E-state index contributed by atoms with van der Waals surface area (Å²) in [4.78, 5) is 21.7. The first kappa shape index (κ1) is 7.72. The number of esters is 2. The Labute approximate surface area is 64.3 Å². The molecule has 0 N–H and O–H groups in total. The molecule has 1 saturated heterocycles. The quantitative estimate of drug-likeness (QED) is 0.242. The van der Waals surface area contributed by atoms with E-state index in [-0.39, 0.29) is 0 Å². The fourth-order valence-corrected chi connectivity index (χ4v) is 0.988. The van der Waals surface area contributed by atoms with Crippen LogP contribution in [0.1, 0.15) is 6.92 Å². The zero-order chi connectivity index (χ0) is 8.43. The van der Waals surface area contributed by atoms with Crippen LogP contribution < -0.4 is 0 Å². The van der Waals surface area contributed by atoms with E-state index in [4.69, 9.17) is 0 Å². The van der Waals surface area contributed by atoms with Crippen molar-refractivity contribution in [2.75, 3.05) is 0 Å². The molecule has 11 heavy (non-hydrogen) atoms. The van der Waals surface area contributed by atoms with Crippen molar-refractivity contribution in [1.29, 1.82) is 0 Å². The number of hydrogen-bond donors (Lipinski definition) is 0. The van der Waals surface area contributed by atoms with Gasteiger partial charge >= 0.3 is 11.9 Å². The smallest absolute Gasteiger partial charge is 0.342 e. The van der Waals surface area contributed by atoms with E-state index in [1.54, 1.807) is 13.0 Å². The molecule has 0 amide bonds. The Hall–Kier alpha value is -1.38. The van der Waals surface area contributed by atoms with Crippen LogP contribution in [0, 0.1) is 5.92 Å². The number of carbonyl (C=O) groups excluding carboxylic acids is 2. The Morgan fingerprint density at radius 2 is 2.18 bits per heavy atom. The number of ether oxygens (including phenoxy) is 1. The Kier molecular flexibility index (Phi) is 1.89. The van der Waals surface area contributed by atoms with Crippen LogP contribution in [0.25, 0.3) is 0 Å². The summed E-state index contributed by atoms with van der Waals surface area (Å²) in [6, 6.07) is 0. The van der Waals surface area contributed by atoms with Gasteiger partial charge < -0.3 is 4.74 Å². The topological polar surface area (TPSA) is 43.4 Å². The monoisotopic (exact) mass is 152 g/mol. The fraction of sp³-hybridized carbons (Fsp3) is 0.250. The van der Waals surface area contributed by atoms with Gasteiger partial charge in [0, 0.05) is 0 Å². The second kappa shape index (κ2) is 2.70. The van der Waals surface area contributed by atoms with Crippen molar-refractivity contribution in [3.8, 4) is 0 Å². The van der Waals surface area contributed by atoms with E-state index in [0.29, 0.717) is 5.57 Å². The van der Waals surface area contributed by atoms with Crippen molar-refractivity contribution in [2.45, 2.75) is 6.92 Å². The molecule has 0 radical (unpaired) electrons. The third-order valence-electron chi connectivity index (χ3n) is 1.56. The van der Waals surface area contributed by atoms with Gasteiger partial charge in [-0.25, -0.2) is 4.79 Å². The molecule has 3 nitrogen and oxygen atoms in total. The van der Waals surface area contributed by atoms with Crippen LogP contribution in [-0.2, 0) is 14.3 Å². The maximum absolute atomic E-state index is 10.8. The van der Waals surface area contributed by atoms with E-state index in [9.17, 15) is 9.59 Å². The number of cyclic esters (lactones) is 2. The molecule has 0 aromatic heterocycles. The molecule has 0 bridgehead atoms. The standard InChI is InChI=1S/C8H8O3/c1-3-5-6(4-2)8(10)11-7(5)9/h3-5H,1H2,2H3/b6-4-. The van der Waals surface area contributed by atoms with E-state index in [1.807, 2.05) is 0 Å². The highest BCUT2D eigenvalue weighted by molar-refractivity contribution is 6.08. The molecule has 0 aromatic rings. The van der Waals surface area contributed by atoms with Gasteiger partial charge in [0.15, 0.2) is 0 Å². The van der Waals surface area contributed by atoms with Crippen LogP contribution in [0.4, 0.5) is 0 Å². The second-order valence-corrected chi connectivity index (χ2v) is 2.17. The average Bonchev–Trinajstić information content (AvgIpc) is 2.24. The number of allylic oxidation sites excluding steroid dienone is 1. The third-order valence-corrected chi connectivity index (χ3v) is 1.56. The van der Waals surface area contributed by atoms with Crippen molar-refractivity contribution in [3.05, 3.63) is 24.3 Å². The summed E-state index contributed by atoms with van der Waals surface area (Å²) < 4.78 is 4.35. The Bertz CT molecular complexity index is 250. The number of rotatable bonds is 1. The minimum absolute atomic E-state index is 0.380. The molecule has 1 rings (SSSR count). The lowest BCUT2D eigenvalue weighted by atomic mass is 10.0. The molecule has 3 heteroatoms. The molecule has 1 atom stereocenters. The van der Waals surface area contributed by atoms with Crippen molar-refractivity contribution >= 4 is 11.9 Å². The highest BCUT2D eigenvalue weighted by Crippen LogP contribution is 2.22. The van der Waals surface area contributed by atoms with Crippen LogP contribution in [0.5, 0.6) is 0 Å². The maximum Gasteiger partial charge on any atom is 0.342 e. The molecule has 58 valence electrons. The largest absolute Gasteiger partial charge is 0.389 e. The van der Waals surface area contributed by atoms with Gasteiger partial charge in [0.2, 0.25) is 0 Å². The number of carbonyl (C=O) groups is 2. The van der Waals surface area contributed by atoms with Gasteiger partial charge in [-0.05, 0) is 6.92 Å². The van der Waals surface area contributed by atoms with Crippen molar-refractivity contribution in [3.63, 3.8) is 0 Å². The molecule has 1 heterocycles. The SMILES string of the molecule is C=CC1C(=O)OC(=O)/C1=C\C. The highest BCUT2D eigenvalue weighted by atomic mass is 16.6. The zero-order valence-corrected chi connectivity index (χ0v) is 6.16. The summed E-state index contributed by atoms with van der Waals surface area (Å²) in [5.74, 6) is -1.65. The summed E-state index contributed by atoms with van der Waals surface area (Å²) in [7, 11) is 0. The third kappa shape index (κ3) is 1.09. The second-order valence-electron chi connectivity index (χ2n) is 2.17. The van der Waals surface area contributed by atoms with Gasteiger partial charge in [0.1, 0.15) is 5.92 Å². The van der Waals surface area contributed by atoms with Crippen LogP contribution in [0.2, 0.25) is 0 Å². The van der Waals surface area contributed by atoms with Gasteiger partial charge in [0.05, 0.1) is 5.57 Å². The maximum atomic E-state index is 10.8. The van der Waals surface area contributed by atoms with Crippen molar-refractivity contribution in [1.82, 2.24) is 0 Å². The van der Waals surface area contributed by atoms with E-state index in [2.05, 4.69) is 11.3 Å². The molecule has 1 aliphatic heterocycles. The van der Waals surface area contributed by atoms with Crippen LogP contribution in [0.15, 0.2) is 24.3 Å². The average molecular weight is 152 g/mol. The molecule has 1 fully saturated rings. The lowest BCUT2D eigenvalue weighted by Crippen LogP contribution is -2.04. The molecule has 1 aliphatic rings. The van der Waals surface area contributed by atoms with Gasteiger partial charge in [0.25, 0.3) is 0 Å². The summed E-state index contributed by atoms with van der Waals surface area (Å²) in [5.41, 5.74) is 0.380. The minimum atomic E-state index is -0.563. The van der Waals surface area contributed by atoms with E-state index in [1.165, 1.54) is 6.08 Å². The first-order valence-electron chi connectivity index (χ1n) is 3.25. The fourth-order valence-electron chi connectivity index (χ4n) is 0.988. The molecule has 0 saturated carbocycles. The van der Waals surface area contributed by atoms with Gasteiger partial charge in [-0.1, -0.05) is 12.2 Å². The number of hydrogen-bond acceptors (Lipinski definition) is 3. The van der Waals surface area contributed by atoms with Gasteiger partial charge in [-0.3, -0.25) is 4.79 Å². The van der Waals surface area contributed by atoms with Crippen LogP contribution in [-0.4, -0.2) is 11.9 Å². The summed E-state index contributed by atoms with van der Waals surface area (Å²) in [5, 5.41) is 0. The minimum Gasteiger partial charge on any atom is -0.389 e. The van der Waals surface area contributed by atoms with E-state index in [0.717, 1.165) is 0 Å². The normalized spacial score (nSPS) is 27.4. The molecular formula is C8H8O3. The van der Waals surface area contributed by atoms with E-state index >= 15 is 0 Å². The molecule has 0 aliphatic carbocycles. The predicted octanol–water partition coefficient (Wildman–Crippen LogP) is 0.818. The molecule has 0 spiro atoms. The first-order chi connectivity index (χ1) is 5.20. The molecule has 1 unspecified atom stereocenters. The summed E-state index contributed by atoms with van der Waals surface area (Å²) >= 11 is 0. The highest BCUT2D eigenvalue weighted by Gasteiger charge is 2.35. The van der Waals surface area contributed by atoms with Crippen LogP contribution >= 0.6 is 0 Å². The van der Waals surface area contributed by atoms with Gasteiger partial charge in [-0.2, -0.15) is 0 Å². The van der Waals surface area contributed by atoms with Crippen molar-refractivity contribution in [2.24, 2.45) is 5.92 Å². The summed E-state index contributed by atoms with van der Waals surface area (Å²) in [6.45, 7) is 5.12. The summed E-state index contributed by atoms with van der Waals surface area (Å²) in [6.07, 6.45) is 2.97. The molecule has 0 aromatic carbocycles. The lowest BCUT2D eigenvalue weighted by Gasteiger charge is -1.94. The zero-order valence-electron chi connectivity index (χ0n) is 6.16. The predicted molar refractivity (Wildman–Crippen MR) is 38.5 cm³/mol. The molecular weight excluding hydrogens is 144 g/mol. The first-order valence-corrected chi connectivity index (χ1v) is 3.25. The van der Waals surface area contributed by atoms with Crippen LogP contribution in [0.3, 0.4) is 0 Å².